The third kappa shape index (κ3) is 3.90. The van der Waals surface area contributed by atoms with Crippen molar-refractivity contribution in [3.63, 3.8) is 0 Å². The maximum atomic E-state index is 12.1. The number of rotatable bonds is 4. The molecule has 136 valence electrons. The van der Waals surface area contributed by atoms with Crippen LogP contribution >= 0.6 is 15.9 Å². The summed E-state index contributed by atoms with van der Waals surface area (Å²) in [7, 11) is 0. The Hall–Kier alpha value is -2.34. The maximum Gasteiger partial charge on any atom is 0.422 e. The highest BCUT2D eigenvalue weighted by molar-refractivity contribution is 9.10. The van der Waals surface area contributed by atoms with Crippen molar-refractivity contribution in [3.8, 4) is 5.75 Å². The molecule has 5 nitrogen and oxygen atoms in total. The predicted molar refractivity (Wildman–Crippen MR) is 105 cm³/mol. The van der Waals surface area contributed by atoms with Gasteiger partial charge in [0, 0.05) is 4.47 Å². The van der Waals surface area contributed by atoms with Gasteiger partial charge in [0.1, 0.15) is 12.4 Å². The van der Waals surface area contributed by atoms with Gasteiger partial charge in [0.25, 0.3) is 0 Å². The fourth-order valence-corrected chi connectivity index (χ4v) is 3.07. The summed E-state index contributed by atoms with van der Waals surface area (Å²) in [4.78, 5) is 23.9. The van der Waals surface area contributed by atoms with Crippen LogP contribution in [-0.4, -0.2) is 11.2 Å². The second kappa shape index (κ2) is 7.11. The van der Waals surface area contributed by atoms with E-state index in [0.717, 1.165) is 10.2 Å². The third-order valence-corrected chi connectivity index (χ3v) is 4.67. The van der Waals surface area contributed by atoms with Crippen LogP contribution in [0.25, 0.3) is 10.9 Å². The molecule has 3 aromatic rings. The van der Waals surface area contributed by atoms with E-state index in [1.54, 1.807) is 18.2 Å². The number of halogens is 1. The fraction of sp³-hybridized carbons (Fsp3) is 0.300. The fourth-order valence-electron chi connectivity index (χ4n) is 2.71. The number of hydrogen-bond donors (Lipinski definition) is 0. The van der Waals surface area contributed by atoms with E-state index in [4.69, 9.17) is 9.15 Å². The maximum absolute atomic E-state index is 12.1. The van der Waals surface area contributed by atoms with Crippen molar-refractivity contribution in [3.05, 3.63) is 73.5 Å². The third-order valence-electron chi connectivity index (χ3n) is 4.17. The van der Waals surface area contributed by atoms with E-state index in [1.165, 1.54) is 10.1 Å². The van der Waals surface area contributed by atoms with Gasteiger partial charge in [-0.15, -0.1) is 0 Å². The van der Waals surface area contributed by atoms with E-state index in [0.29, 0.717) is 10.9 Å². The number of benzene rings is 2. The monoisotopic (exact) mass is 417 g/mol. The van der Waals surface area contributed by atoms with Gasteiger partial charge in [-0.1, -0.05) is 48.8 Å². The van der Waals surface area contributed by atoms with E-state index >= 15 is 0 Å². The molecule has 0 atom stereocenters. The lowest BCUT2D eigenvalue weighted by Crippen LogP contribution is -2.27. The molecule has 0 N–H and O–H groups in total. The molecular formula is C20H20BrNO4. The topological polar surface area (TPSA) is 61.4 Å². The van der Waals surface area contributed by atoms with Gasteiger partial charge in [-0.05, 0) is 41.3 Å². The highest BCUT2D eigenvalue weighted by atomic mass is 79.9. The van der Waals surface area contributed by atoms with Crippen LogP contribution < -0.4 is 16.1 Å². The minimum Gasteiger partial charge on any atom is -0.492 e. The molecule has 6 heteroatoms. The Morgan fingerprint density at radius 2 is 1.77 bits per heavy atom. The lowest BCUT2D eigenvalue weighted by atomic mass is 9.87. The highest BCUT2D eigenvalue weighted by Gasteiger charge is 2.13. The number of ether oxygens (including phenoxy) is 1. The van der Waals surface area contributed by atoms with Crippen LogP contribution in [0.15, 0.2) is 60.9 Å². The van der Waals surface area contributed by atoms with E-state index < -0.39 is 11.4 Å². The summed E-state index contributed by atoms with van der Waals surface area (Å²) in [6.07, 6.45) is 0. The summed E-state index contributed by atoms with van der Waals surface area (Å²) >= 11 is 3.32. The minimum absolute atomic E-state index is 0.0839. The Kier molecular flexibility index (Phi) is 5.05. The van der Waals surface area contributed by atoms with Gasteiger partial charge in [-0.2, -0.15) is 0 Å². The minimum atomic E-state index is -0.684. The molecule has 0 unspecified atom stereocenters. The number of fused-ring (bicyclic) bond motifs is 1. The van der Waals surface area contributed by atoms with Gasteiger partial charge < -0.3 is 9.15 Å². The van der Waals surface area contributed by atoms with E-state index in [-0.39, 0.29) is 18.6 Å². The van der Waals surface area contributed by atoms with Gasteiger partial charge in [0.15, 0.2) is 0 Å². The molecule has 1 heterocycles. The standard InChI is InChI=1S/C20H20BrNO4/c1-20(2,3)13-4-7-15(8-5-13)25-11-10-22-17-9-6-14(21)12-16(17)18(23)26-19(22)24/h4-9,12H,10-11H2,1-3H3. The molecule has 0 saturated carbocycles. The van der Waals surface area contributed by atoms with E-state index in [2.05, 4.69) is 36.7 Å². The average molecular weight is 418 g/mol. The van der Waals surface area contributed by atoms with Crippen molar-refractivity contribution in [1.29, 1.82) is 0 Å². The van der Waals surface area contributed by atoms with Crippen LogP contribution in [0.1, 0.15) is 26.3 Å². The Morgan fingerprint density at radius 3 is 2.42 bits per heavy atom. The van der Waals surface area contributed by atoms with Crippen molar-refractivity contribution < 1.29 is 9.15 Å². The van der Waals surface area contributed by atoms with Crippen LogP contribution in [0, 0.1) is 0 Å². The predicted octanol–water partition coefficient (Wildman–Crippen LogP) is 4.09. The van der Waals surface area contributed by atoms with E-state index in [9.17, 15) is 9.59 Å². The Bertz CT molecular complexity index is 1040. The smallest absolute Gasteiger partial charge is 0.422 e. The summed E-state index contributed by atoms with van der Waals surface area (Å²) in [5, 5.41) is 0.355. The molecule has 0 aliphatic carbocycles. The van der Waals surface area contributed by atoms with E-state index in [1.807, 2.05) is 24.3 Å². The van der Waals surface area contributed by atoms with Crippen LogP contribution in [0.3, 0.4) is 0 Å². The second-order valence-corrected chi connectivity index (χ2v) is 8.01. The van der Waals surface area contributed by atoms with Crippen LogP contribution in [0.4, 0.5) is 0 Å². The first kappa shape index (κ1) is 18.5. The quantitative estimate of drug-likeness (QED) is 0.640. The molecule has 0 spiro atoms. The molecule has 0 saturated heterocycles. The number of nitrogens with zero attached hydrogens (tertiary/aromatic N) is 1. The van der Waals surface area contributed by atoms with Gasteiger partial charge >= 0.3 is 11.4 Å². The van der Waals surface area contributed by atoms with Crippen molar-refractivity contribution in [1.82, 2.24) is 4.57 Å². The van der Waals surface area contributed by atoms with Gasteiger partial charge in [-0.25, -0.2) is 9.59 Å². The Morgan fingerprint density at radius 1 is 1.08 bits per heavy atom. The molecule has 0 aliphatic heterocycles. The number of aromatic nitrogens is 1. The van der Waals surface area contributed by atoms with Crippen molar-refractivity contribution in [2.45, 2.75) is 32.7 Å². The lowest BCUT2D eigenvalue weighted by molar-refractivity contribution is 0.287. The lowest BCUT2D eigenvalue weighted by Gasteiger charge is -2.19. The van der Waals surface area contributed by atoms with Crippen LogP contribution in [-0.2, 0) is 12.0 Å². The number of hydrogen-bond acceptors (Lipinski definition) is 4. The highest BCUT2D eigenvalue weighted by Crippen LogP contribution is 2.24. The molecular weight excluding hydrogens is 398 g/mol. The Labute approximate surface area is 159 Å². The summed E-state index contributed by atoms with van der Waals surface area (Å²) in [5.74, 6) is 0.0481. The summed E-state index contributed by atoms with van der Waals surface area (Å²) in [5.41, 5.74) is 1.20. The zero-order valence-electron chi connectivity index (χ0n) is 14.9. The second-order valence-electron chi connectivity index (χ2n) is 7.09. The molecule has 0 amide bonds. The SMILES string of the molecule is CC(C)(C)c1ccc(OCCn2c(=O)oc(=O)c3cc(Br)ccc32)cc1. The van der Waals surface area contributed by atoms with Gasteiger partial charge in [-0.3, -0.25) is 4.57 Å². The average Bonchev–Trinajstić information content (AvgIpc) is 2.58. The first-order valence-electron chi connectivity index (χ1n) is 8.32. The molecule has 26 heavy (non-hydrogen) atoms. The molecule has 1 aromatic heterocycles. The summed E-state index contributed by atoms with van der Waals surface area (Å²) < 4.78 is 12.7. The molecule has 0 aliphatic rings. The normalized spacial score (nSPS) is 11.7. The zero-order chi connectivity index (χ0) is 18.9. The summed E-state index contributed by atoms with van der Waals surface area (Å²) in [6, 6.07) is 13.1. The van der Waals surface area contributed by atoms with Crippen LogP contribution in [0.2, 0.25) is 0 Å². The molecule has 3 rings (SSSR count). The zero-order valence-corrected chi connectivity index (χ0v) is 16.5. The first-order valence-corrected chi connectivity index (χ1v) is 9.11. The first-order chi connectivity index (χ1) is 12.3. The van der Waals surface area contributed by atoms with Crippen LogP contribution in [0.5, 0.6) is 5.75 Å². The largest absolute Gasteiger partial charge is 0.492 e. The van der Waals surface area contributed by atoms with Gasteiger partial charge in [0.05, 0.1) is 17.4 Å². The van der Waals surface area contributed by atoms with Crippen molar-refractivity contribution in [2.24, 2.45) is 0 Å². The van der Waals surface area contributed by atoms with Gasteiger partial charge in [0.2, 0.25) is 0 Å². The van der Waals surface area contributed by atoms with Crippen molar-refractivity contribution in [2.75, 3.05) is 6.61 Å². The molecule has 0 fully saturated rings. The summed E-state index contributed by atoms with van der Waals surface area (Å²) in [6.45, 7) is 7.03. The molecule has 2 aromatic carbocycles. The Balaban J connectivity index is 1.78. The molecule has 0 bridgehead atoms. The van der Waals surface area contributed by atoms with Crippen molar-refractivity contribution >= 4 is 26.8 Å². The molecule has 0 radical (unpaired) electrons.